The Morgan fingerprint density at radius 3 is 2.62 bits per heavy atom. The first-order valence-electron chi connectivity index (χ1n) is 7.61. The molecule has 1 aromatic heterocycles. The maximum Gasteiger partial charge on any atom is 0.185 e. The van der Waals surface area contributed by atoms with Crippen LogP contribution in [0.3, 0.4) is 0 Å². The van der Waals surface area contributed by atoms with Gasteiger partial charge in [0, 0.05) is 11.3 Å². The Morgan fingerprint density at radius 1 is 1.12 bits per heavy atom. The monoisotopic (exact) mass is 316 g/mol. The topological polar surface area (TPSA) is 81.8 Å². The smallest absolute Gasteiger partial charge is 0.185 e. The van der Waals surface area contributed by atoms with Crippen molar-refractivity contribution < 1.29 is 5.11 Å². The molecule has 3 aromatic rings. The summed E-state index contributed by atoms with van der Waals surface area (Å²) in [4.78, 5) is 8.28. The average Bonchev–Trinajstić information content (AvgIpc) is 2.64. The van der Waals surface area contributed by atoms with Crippen LogP contribution in [0.25, 0.3) is 11.3 Å². The van der Waals surface area contributed by atoms with Gasteiger partial charge in [-0.05, 0) is 30.2 Å². The summed E-state index contributed by atoms with van der Waals surface area (Å²) in [7, 11) is 0. The molecule has 0 atom stereocenters. The fourth-order valence-electron chi connectivity index (χ4n) is 2.38. The van der Waals surface area contributed by atoms with Crippen LogP contribution in [0.2, 0.25) is 0 Å². The molecule has 0 aliphatic heterocycles. The first-order chi connectivity index (χ1) is 11.7. The molecule has 0 aliphatic rings. The van der Waals surface area contributed by atoms with Gasteiger partial charge in [-0.25, -0.2) is 9.97 Å². The predicted molar refractivity (Wildman–Crippen MR) is 93.0 cm³/mol. The summed E-state index contributed by atoms with van der Waals surface area (Å²) in [5.41, 5.74) is 3.71. The number of aromatic hydroxyl groups is 1. The van der Waals surface area contributed by atoms with Gasteiger partial charge in [0.05, 0.1) is 11.6 Å². The molecule has 5 nitrogen and oxygen atoms in total. The Morgan fingerprint density at radius 2 is 1.92 bits per heavy atom. The molecule has 1 heterocycles. The lowest BCUT2D eigenvalue weighted by molar-refractivity contribution is 0.475. The number of aromatic nitrogens is 2. The van der Waals surface area contributed by atoms with Crippen molar-refractivity contribution >= 4 is 11.5 Å². The third kappa shape index (κ3) is 3.18. The molecular formula is C19H16N4O. The second-order valence-corrected chi connectivity index (χ2v) is 5.29. The van der Waals surface area contributed by atoms with E-state index >= 15 is 0 Å². The Labute approximate surface area is 140 Å². The molecule has 118 valence electrons. The highest BCUT2D eigenvalue weighted by molar-refractivity contribution is 5.74. The second kappa shape index (κ2) is 6.80. The Kier molecular flexibility index (Phi) is 4.39. The van der Waals surface area contributed by atoms with Crippen molar-refractivity contribution in [3.63, 3.8) is 0 Å². The lowest BCUT2D eigenvalue weighted by Crippen LogP contribution is -1.97. The molecule has 0 fully saturated rings. The van der Waals surface area contributed by atoms with Crippen LogP contribution in [0.15, 0.2) is 54.9 Å². The van der Waals surface area contributed by atoms with Gasteiger partial charge in [0.15, 0.2) is 11.6 Å². The molecule has 2 aromatic carbocycles. The van der Waals surface area contributed by atoms with E-state index in [-0.39, 0.29) is 5.75 Å². The standard InChI is InChI=1S/C19H16N4O/c1-2-13-6-8-15(9-7-13)17-18(24)19(22-12-21-17)23-16-5-3-4-14(10-16)11-20/h3-10,12,24H,2H2,1H3,(H,21,22,23). The molecule has 0 bridgehead atoms. The zero-order valence-electron chi connectivity index (χ0n) is 13.2. The summed E-state index contributed by atoms with van der Waals surface area (Å²) in [6.45, 7) is 2.09. The van der Waals surface area contributed by atoms with E-state index in [1.807, 2.05) is 24.3 Å². The molecule has 0 spiro atoms. The molecule has 3 rings (SSSR count). The minimum Gasteiger partial charge on any atom is -0.503 e. The Bertz CT molecular complexity index is 898. The summed E-state index contributed by atoms with van der Waals surface area (Å²) in [5.74, 6) is 0.277. The first-order valence-corrected chi connectivity index (χ1v) is 7.61. The molecular weight excluding hydrogens is 300 g/mol. The van der Waals surface area contributed by atoms with Crippen molar-refractivity contribution in [3.8, 4) is 23.1 Å². The summed E-state index contributed by atoms with van der Waals surface area (Å²) in [6.07, 6.45) is 2.36. The van der Waals surface area contributed by atoms with Gasteiger partial charge in [-0.2, -0.15) is 5.26 Å². The first kappa shape index (κ1) is 15.5. The summed E-state index contributed by atoms with van der Waals surface area (Å²) in [5, 5.41) is 22.5. The van der Waals surface area contributed by atoms with Crippen LogP contribution in [0.1, 0.15) is 18.1 Å². The number of rotatable bonds is 4. The highest BCUT2D eigenvalue weighted by Crippen LogP contribution is 2.33. The van der Waals surface area contributed by atoms with Crippen LogP contribution in [0, 0.1) is 11.3 Å². The van der Waals surface area contributed by atoms with Crippen LogP contribution in [0.5, 0.6) is 5.75 Å². The summed E-state index contributed by atoms with van der Waals surface area (Å²) in [6, 6.07) is 16.9. The zero-order valence-corrected chi connectivity index (χ0v) is 13.2. The summed E-state index contributed by atoms with van der Waals surface area (Å²) >= 11 is 0. The van der Waals surface area contributed by atoms with E-state index in [0.717, 1.165) is 12.0 Å². The molecule has 2 N–H and O–H groups in total. The van der Waals surface area contributed by atoms with Crippen molar-refractivity contribution in [2.75, 3.05) is 5.32 Å². The second-order valence-electron chi connectivity index (χ2n) is 5.29. The SMILES string of the molecule is CCc1ccc(-c2ncnc(Nc3cccc(C#N)c3)c2O)cc1. The van der Waals surface area contributed by atoms with Gasteiger partial charge in [0.25, 0.3) is 0 Å². The molecule has 0 saturated heterocycles. The highest BCUT2D eigenvalue weighted by Gasteiger charge is 2.12. The Hall–Kier alpha value is -3.39. The van der Waals surface area contributed by atoms with Crippen molar-refractivity contribution in [3.05, 3.63) is 66.0 Å². The lowest BCUT2D eigenvalue weighted by atomic mass is 10.1. The number of nitrogens with one attached hydrogen (secondary N) is 1. The third-order valence-corrected chi connectivity index (χ3v) is 3.71. The molecule has 0 radical (unpaired) electrons. The number of hydrogen-bond donors (Lipinski definition) is 2. The van der Waals surface area contributed by atoms with Crippen molar-refractivity contribution in [2.45, 2.75) is 13.3 Å². The number of nitriles is 1. The van der Waals surface area contributed by atoms with Gasteiger partial charge in [-0.1, -0.05) is 37.3 Å². The van der Waals surface area contributed by atoms with Gasteiger partial charge in [0.1, 0.15) is 12.0 Å². The molecule has 0 saturated carbocycles. The van der Waals surface area contributed by atoms with E-state index in [4.69, 9.17) is 5.26 Å². The lowest BCUT2D eigenvalue weighted by Gasteiger charge is -2.10. The van der Waals surface area contributed by atoms with Crippen LogP contribution >= 0.6 is 0 Å². The predicted octanol–water partition coefficient (Wildman–Crippen LogP) is 4.03. The van der Waals surface area contributed by atoms with Crippen molar-refractivity contribution in [1.82, 2.24) is 9.97 Å². The van der Waals surface area contributed by atoms with Crippen molar-refractivity contribution in [1.29, 1.82) is 5.26 Å². The van der Waals surface area contributed by atoms with Gasteiger partial charge >= 0.3 is 0 Å². The van der Waals surface area contributed by atoms with Crippen molar-refractivity contribution in [2.24, 2.45) is 0 Å². The summed E-state index contributed by atoms with van der Waals surface area (Å²) < 4.78 is 0. The molecule has 0 amide bonds. The third-order valence-electron chi connectivity index (χ3n) is 3.71. The van der Waals surface area contributed by atoms with Crippen LogP contribution < -0.4 is 5.32 Å². The van der Waals surface area contributed by atoms with Gasteiger partial charge in [0.2, 0.25) is 0 Å². The molecule has 24 heavy (non-hydrogen) atoms. The maximum atomic E-state index is 10.5. The van der Waals surface area contributed by atoms with Gasteiger partial charge in [-0.15, -0.1) is 0 Å². The number of benzene rings is 2. The quantitative estimate of drug-likeness (QED) is 0.759. The van der Waals surface area contributed by atoms with Crippen LogP contribution in [-0.2, 0) is 6.42 Å². The average molecular weight is 316 g/mol. The van der Waals surface area contributed by atoms with E-state index in [0.29, 0.717) is 22.8 Å². The van der Waals surface area contributed by atoms with E-state index in [1.54, 1.807) is 24.3 Å². The largest absolute Gasteiger partial charge is 0.503 e. The zero-order chi connectivity index (χ0) is 16.9. The Balaban J connectivity index is 1.94. The number of nitrogens with zero attached hydrogens (tertiary/aromatic N) is 3. The van der Waals surface area contributed by atoms with Crippen LogP contribution in [0.4, 0.5) is 11.5 Å². The highest BCUT2D eigenvalue weighted by atomic mass is 16.3. The van der Waals surface area contributed by atoms with Gasteiger partial charge < -0.3 is 10.4 Å². The van der Waals surface area contributed by atoms with E-state index in [2.05, 4.69) is 28.3 Å². The number of hydrogen-bond acceptors (Lipinski definition) is 5. The maximum absolute atomic E-state index is 10.5. The van der Waals surface area contributed by atoms with E-state index in [9.17, 15) is 5.11 Å². The van der Waals surface area contributed by atoms with E-state index < -0.39 is 0 Å². The number of anilines is 2. The number of aryl methyl sites for hydroxylation is 1. The van der Waals surface area contributed by atoms with Gasteiger partial charge in [-0.3, -0.25) is 0 Å². The molecule has 0 aliphatic carbocycles. The normalized spacial score (nSPS) is 10.2. The fourth-order valence-corrected chi connectivity index (χ4v) is 2.38. The molecule has 5 heteroatoms. The van der Waals surface area contributed by atoms with E-state index in [1.165, 1.54) is 11.9 Å². The minimum absolute atomic E-state index is 0.0240. The fraction of sp³-hybridized carbons (Fsp3) is 0.105. The van der Waals surface area contributed by atoms with Crippen LogP contribution in [-0.4, -0.2) is 15.1 Å². The minimum atomic E-state index is -0.0240. The molecule has 0 unspecified atom stereocenters.